The molecule has 1 heterocycles. The Balaban J connectivity index is 1.65. The Morgan fingerprint density at radius 2 is 1.41 bits per heavy atom. The van der Waals surface area contributed by atoms with Gasteiger partial charge >= 0.3 is 0 Å². The summed E-state index contributed by atoms with van der Waals surface area (Å²) in [7, 11) is 3.14. The van der Waals surface area contributed by atoms with Crippen LogP contribution in [0, 0.1) is 0 Å². The standard InChI is InChI=1S/C32H33N3O4/c1-38-29-14-13-27(20-30(29)39-2)21-31(36)35(23-26-11-7-4-8-12-26)28(19-24-9-5-3-6-10-24)32(37)34-22-25-15-17-33-18-16-25/h3-18,20,28H,19,21-23H2,1-2H3,(H,34,37)/t28-/m1/s1. The van der Waals surface area contributed by atoms with Crippen LogP contribution in [0.15, 0.2) is 103 Å². The molecule has 4 rings (SSSR count). The first-order chi connectivity index (χ1) is 19.1. The number of carbonyl (C=O) groups excluding carboxylic acids is 2. The molecule has 1 aromatic heterocycles. The van der Waals surface area contributed by atoms with E-state index in [1.807, 2.05) is 78.9 Å². The van der Waals surface area contributed by atoms with E-state index in [2.05, 4.69) is 10.3 Å². The fourth-order valence-corrected chi connectivity index (χ4v) is 4.41. The number of hydrogen-bond donors (Lipinski definition) is 1. The van der Waals surface area contributed by atoms with E-state index in [1.165, 1.54) is 0 Å². The lowest BCUT2D eigenvalue weighted by Gasteiger charge is -2.32. The van der Waals surface area contributed by atoms with Gasteiger partial charge in [0, 0.05) is 31.9 Å². The van der Waals surface area contributed by atoms with Crippen molar-refractivity contribution in [1.29, 1.82) is 0 Å². The van der Waals surface area contributed by atoms with E-state index in [0.717, 1.165) is 22.3 Å². The van der Waals surface area contributed by atoms with Crippen LogP contribution in [-0.4, -0.2) is 42.0 Å². The molecule has 200 valence electrons. The summed E-state index contributed by atoms with van der Waals surface area (Å²) in [5.41, 5.74) is 3.62. The first kappa shape index (κ1) is 27.4. The van der Waals surface area contributed by atoms with Gasteiger partial charge in [-0.25, -0.2) is 0 Å². The molecular weight excluding hydrogens is 490 g/mol. The maximum atomic E-state index is 13.9. The second kappa shape index (κ2) is 13.8. The average molecular weight is 524 g/mol. The van der Waals surface area contributed by atoms with Gasteiger partial charge in [0.25, 0.3) is 0 Å². The maximum absolute atomic E-state index is 13.9. The molecule has 0 aliphatic rings. The van der Waals surface area contributed by atoms with E-state index < -0.39 is 6.04 Å². The molecule has 0 unspecified atom stereocenters. The van der Waals surface area contributed by atoms with Gasteiger partial charge in [-0.1, -0.05) is 66.7 Å². The highest BCUT2D eigenvalue weighted by Gasteiger charge is 2.30. The molecule has 39 heavy (non-hydrogen) atoms. The summed E-state index contributed by atoms with van der Waals surface area (Å²) in [6.45, 7) is 0.642. The molecule has 1 N–H and O–H groups in total. The normalized spacial score (nSPS) is 11.3. The molecule has 4 aromatic rings. The van der Waals surface area contributed by atoms with Crippen molar-refractivity contribution in [2.24, 2.45) is 0 Å². The zero-order valence-corrected chi connectivity index (χ0v) is 22.2. The highest BCUT2D eigenvalue weighted by molar-refractivity contribution is 5.89. The number of methoxy groups -OCH3 is 2. The molecule has 3 aromatic carbocycles. The number of nitrogens with one attached hydrogen (secondary N) is 1. The monoisotopic (exact) mass is 523 g/mol. The van der Waals surface area contributed by atoms with Crippen LogP contribution in [0.5, 0.6) is 11.5 Å². The van der Waals surface area contributed by atoms with Crippen molar-refractivity contribution in [3.63, 3.8) is 0 Å². The maximum Gasteiger partial charge on any atom is 0.243 e. The lowest BCUT2D eigenvalue weighted by atomic mass is 10.0. The average Bonchev–Trinajstić information content (AvgIpc) is 2.99. The minimum Gasteiger partial charge on any atom is -0.493 e. The topological polar surface area (TPSA) is 80.8 Å². The molecule has 0 aliphatic heterocycles. The Labute approximate surface area is 229 Å². The summed E-state index contributed by atoms with van der Waals surface area (Å²) in [5, 5.41) is 3.04. The van der Waals surface area contributed by atoms with Gasteiger partial charge in [0.1, 0.15) is 6.04 Å². The summed E-state index contributed by atoms with van der Waals surface area (Å²) in [4.78, 5) is 33.4. The highest BCUT2D eigenvalue weighted by atomic mass is 16.5. The van der Waals surface area contributed by atoms with Crippen LogP contribution in [0.1, 0.15) is 22.3 Å². The summed E-state index contributed by atoms with van der Waals surface area (Å²) in [6.07, 6.45) is 3.87. The molecule has 0 saturated heterocycles. The molecule has 1 atom stereocenters. The van der Waals surface area contributed by atoms with Crippen LogP contribution in [0.3, 0.4) is 0 Å². The lowest BCUT2D eigenvalue weighted by molar-refractivity contribution is -0.140. The Bertz CT molecular complexity index is 1350. The number of amides is 2. The van der Waals surface area contributed by atoms with Gasteiger partial charge in [0.2, 0.25) is 11.8 Å². The third-order valence-corrected chi connectivity index (χ3v) is 6.49. The minimum absolute atomic E-state index is 0.107. The van der Waals surface area contributed by atoms with Gasteiger partial charge in [0.05, 0.1) is 20.6 Å². The molecule has 0 aliphatic carbocycles. The molecule has 0 bridgehead atoms. The molecule has 7 heteroatoms. The first-order valence-electron chi connectivity index (χ1n) is 12.8. The molecule has 0 saturated carbocycles. The van der Waals surface area contributed by atoms with E-state index >= 15 is 0 Å². The van der Waals surface area contributed by atoms with E-state index in [-0.39, 0.29) is 18.2 Å². The predicted molar refractivity (Wildman–Crippen MR) is 150 cm³/mol. The highest BCUT2D eigenvalue weighted by Crippen LogP contribution is 2.28. The van der Waals surface area contributed by atoms with E-state index in [4.69, 9.17) is 9.47 Å². The van der Waals surface area contributed by atoms with Gasteiger partial charge in [0.15, 0.2) is 11.5 Å². The van der Waals surface area contributed by atoms with Crippen LogP contribution >= 0.6 is 0 Å². The van der Waals surface area contributed by atoms with E-state index in [9.17, 15) is 9.59 Å². The zero-order valence-electron chi connectivity index (χ0n) is 22.2. The van der Waals surface area contributed by atoms with Gasteiger partial charge in [-0.2, -0.15) is 0 Å². The van der Waals surface area contributed by atoms with Crippen molar-refractivity contribution in [2.75, 3.05) is 14.2 Å². The molecule has 0 spiro atoms. The largest absolute Gasteiger partial charge is 0.493 e. The van der Waals surface area contributed by atoms with Crippen LogP contribution in [0.2, 0.25) is 0 Å². The molecule has 7 nitrogen and oxygen atoms in total. The fraction of sp³-hybridized carbons (Fsp3) is 0.219. The number of pyridine rings is 1. The van der Waals surface area contributed by atoms with Crippen molar-refractivity contribution in [3.8, 4) is 11.5 Å². The number of hydrogen-bond acceptors (Lipinski definition) is 5. The number of rotatable bonds is 12. The number of benzene rings is 3. The second-order valence-corrected chi connectivity index (χ2v) is 9.15. The first-order valence-corrected chi connectivity index (χ1v) is 12.8. The van der Waals surface area contributed by atoms with Crippen molar-refractivity contribution in [2.45, 2.75) is 32.0 Å². The summed E-state index contributed by atoms with van der Waals surface area (Å²) >= 11 is 0. The predicted octanol–water partition coefficient (Wildman–Crippen LogP) is 4.60. The van der Waals surface area contributed by atoms with E-state index in [1.54, 1.807) is 43.6 Å². The van der Waals surface area contributed by atoms with Crippen molar-refractivity contribution < 1.29 is 19.1 Å². The minimum atomic E-state index is -0.720. The van der Waals surface area contributed by atoms with Crippen LogP contribution in [0.25, 0.3) is 0 Å². The molecular formula is C32H33N3O4. The molecule has 0 radical (unpaired) electrons. The summed E-state index contributed by atoms with van der Waals surface area (Å²) < 4.78 is 10.8. The number of ether oxygens (including phenoxy) is 2. The number of nitrogens with zero attached hydrogens (tertiary/aromatic N) is 2. The SMILES string of the molecule is COc1ccc(CC(=O)N(Cc2ccccc2)[C@H](Cc2ccccc2)C(=O)NCc2ccncc2)cc1OC. The molecule has 2 amide bonds. The zero-order chi connectivity index (χ0) is 27.5. The summed E-state index contributed by atoms with van der Waals surface area (Å²) in [6, 6.07) is 27.9. The Morgan fingerprint density at radius 1 is 0.769 bits per heavy atom. The van der Waals surface area contributed by atoms with Crippen molar-refractivity contribution >= 4 is 11.8 Å². The Hall–Kier alpha value is -4.65. The third-order valence-electron chi connectivity index (χ3n) is 6.49. The number of aromatic nitrogens is 1. The molecule has 0 fully saturated rings. The van der Waals surface area contributed by atoms with Gasteiger partial charge in [-0.3, -0.25) is 14.6 Å². The van der Waals surface area contributed by atoms with Crippen LogP contribution in [-0.2, 0) is 35.5 Å². The van der Waals surface area contributed by atoms with Gasteiger partial charge in [-0.15, -0.1) is 0 Å². The Kier molecular flexibility index (Phi) is 9.67. The van der Waals surface area contributed by atoms with Crippen LogP contribution < -0.4 is 14.8 Å². The van der Waals surface area contributed by atoms with Crippen molar-refractivity contribution in [3.05, 3.63) is 126 Å². The van der Waals surface area contributed by atoms with E-state index in [0.29, 0.717) is 31.0 Å². The third kappa shape index (κ3) is 7.68. The lowest BCUT2D eigenvalue weighted by Crippen LogP contribution is -2.50. The van der Waals surface area contributed by atoms with Crippen LogP contribution in [0.4, 0.5) is 0 Å². The smallest absolute Gasteiger partial charge is 0.243 e. The van der Waals surface area contributed by atoms with Gasteiger partial charge in [-0.05, 0) is 46.5 Å². The quantitative estimate of drug-likeness (QED) is 0.294. The number of carbonyl (C=O) groups is 2. The summed E-state index contributed by atoms with van der Waals surface area (Å²) in [5.74, 6) is 0.763. The second-order valence-electron chi connectivity index (χ2n) is 9.15. The Morgan fingerprint density at radius 3 is 2.05 bits per heavy atom. The van der Waals surface area contributed by atoms with Gasteiger partial charge < -0.3 is 19.7 Å². The fourth-order valence-electron chi connectivity index (χ4n) is 4.41. The van der Waals surface area contributed by atoms with Crippen molar-refractivity contribution in [1.82, 2.24) is 15.2 Å².